The monoisotopic (exact) mass is 373 g/mol. The Labute approximate surface area is 160 Å². The van der Waals surface area contributed by atoms with E-state index in [0.29, 0.717) is 31.7 Å². The Hall–Kier alpha value is -2.21. The Morgan fingerprint density at radius 2 is 2.15 bits per heavy atom. The van der Waals surface area contributed by atoms with Gasteiger partial charge in [-0.05, 0) is 43.0 Å². The Bertz CT molecular complexity index is 741. The fourth-order valence-electron chi connectivity index (χ4n) is 3.31. The molecule has 6 heteroatoms. The van der Waals surface area contributed by atoms with E-state index >= 15 is 0 Å². The second-order valence-corrected chi connectivity index (χ2v) is 6.87. The third-order valence-electron chi connectivity index (χ3n) is 4.81. The van der Waals surface area contributed by atoms with Gasteiger partial charge in [-0.15, -0.1) is 0 Å². The standard InChI is InChI=1S/C21H28FN3O2/c1-3-18-7-9-23-21(24-18)14-16-5-6-19(26-2)20(13-16)27-12-4-10-25-11-8-17(22)15-25/h5-7,9,13,17H,3-4,8,10-12,14-15H2,1-2H3/t17-/m0/s1. The molecule has 1 aliphatic heterocycles. The van der Waals surface area contributed by atoms with Crippen LogP contribution in [0.3, 0.4) is 0 Å². The van der Waals surface area contributed by atoms with E-state index in [0.717, 1.165) is 48.8 Å². The smallest absolute Gasteiger partial charge is 0.161 e. The Morgan fingerprint density at radius 1 is 1.26 bits per heavy atom. The van der Waals surface area contributed by atoms with Crippen molar-refractivity contribution in [2.24, 2.45) is 0 Å². The number of alkyl halides is 1. The third kappa shape index (κ3) is 5.63. The molecule has 1 atom stereocenters. The average molecular weight is 373 g/mol. The summed E-state index contributed by atoms with van der Waals surface area (Å²) in [6, 6.07) is 7.87. The number of benzene rings is 1. The van der Waals surface area contributed by atoms with Crippen LogP contribution in [0, 0.1) is 0 Å². The van der Waals surface area contributed by atoms with Crippen molar-refractivity contribution < 1.29 is 13.9 Å². The molecule has 27 heavy (non-hydrogen) atoms. The van der Waals surface area contributed by atoms with Crippen LogP contribution in [0.25, 0.3) is 0 Å². The molecule has 0 radical (unpaired) electrons. The van der Waals surface area contributed by atoms with E-state index in [1.807, 2.05) is 30.5 Å². The van der Waals surface area contributed by atoms with Gasteiger partial charge in [0.25, 0.3) is 0 Å². The van der Waals surface area contributed by atoms with E-state index in [1.165, 1.54) is 0 Å². The Morgan fingerprint density at radius 3 is 2.89 bits per heavy atom. The first kappa shape index (κ1) is 19.5. The van der Waals surface area contributed by atoms with Gasteiger partial charge < -0.3 is 14.4 Å². The maximum atomic E-state index is 13.2. The lowest BCUT2D eigenvalue weighted by atomic mass is 10.1. The summed E-state index contributed by atoms with van der Waals surface area (Å²) >= 11 is 0. The molecule has 3 rings (SSSR count). The van der Waals surface area contributed by atoms with Crippen LogP contribution < -0.4 is 9.47 Å². The van der Waals surface area contributed by atoms with E-state index in [1.54, 1.807) is 7.11 Å². The van der Waals surface area contributed by atoms with Crippen molar-refractivity contribution in [3.8, 4) is 11.5 Å². The molecular weight excluding hydrogens is 345 g/mol. The summed E-state index contributed by atoms with van der Waals surface area (Å²) in [5.74, 6) is 2.25. The number of likely N-dealkylation sites (tertiary alicyclic amines) is 1. The van der Waals surface area contributed by atoms with Gasteiger partial charge in [-0.3, -0.25) is 0 Å². The van der Waals surface area contributed by atoms with Gasteiger partial charge in [-0.25, -0.2) is 14.4 Å². The van der Waals surface area contributed by atoms with Gasteiger partial charge in [0.15, 0.2) is 11.5 Å². The van der Waals surface area contributed by atoms with E-state index in [9.17, 15) is 4.39 Å². The minimum Gasteiger partial charge on any atom is -0.493 e. The van der Waals surface area contributed by atoms with Crippen LogP contribution in [0.1, 0.15) is 36.8 Å². The predicted octanol–water partition coefficient (Wildman–Crippen LogP) is 3.45. The van der Waals surface area contributed by atoms with Gasteiger partial charge in [0, 0.05) is 37.9 Å². The molecule has 0 bridgehead atoms. The van der Waals surface area contributed by atoms with Gasteiger partial charge in [-0.1, -0.05) is 13.0 Å². The number of halogens is 1. The van der Waals surface area contributed by atoms with Crippen LogP contribution in [-0.2, 0) is 12.8 Å². The maximum Gasteiger partial charge on any atom is 0.161 e. The van der Waals surface area contributed by atoms with Crippen molar-refractivity contribution in [3.63, 3.8) is 0 Å². The number of aryl methyl sites for hydroxylation is 1. The lowest BCUT2D eigenvalue weighted by Gasteiger charge is -2.16. The van der Waals surface area contributed by atoms with Gasteiger partial charge in [0.2, 0.25) is 0 Å². The Balaban J connectivity index is 1.57. The zero-order chi connectivity index (χ0) is 19.1. The number of hydrogen-bond acceptors (Lipinski definition) is 5. The second kappa shape index (κ2) is 9.65. The number of rotatable bonds is 9. The van der Waals surface area contributed by atoms with Crippen molar-refractivity contribution in [2.45, 2.75) is 38.8 Å². The fourth-order valence-corrected chi connectivity index (χ4v) is 3.31. The van der Waals surface area contributed by atoms with Crippen molar-refractivity contribution in [2.75, 3.05) is 33.4 Å². The van der Waals surface area contributed by atoms with Crippen LogP contribution in [-0.4, -0.2) is 54.4 Å². The largest absolute Gasteiger partial charge is 0.493 e. The third-order valence-corrected chi connectivity index (χ3v) is 4.81. The highest BCUT2D eigenvalue weighted by Crippen LogP contribution is 2.29. The summed E-state index contributed by atoms with van der Waals surface area (Å²) in [6.07, 6.45) is 4.20. The van der Waals surface area contributed by atoms with Crippen molar-refractivity contribution >= 4 is 0 Å². The second-order valence-electron chi connectivity index (χ2n) is 6.87. The van der Waals surface area contributed by atoms with Gasteiger partial charge in [-0.2, -0.15) is 0 Å². The molecule has 1 aliphatic rings. The average Bonchev–Trinajstić information content (AvgIpc) is 3.11. The van der Waals surface area contributed by atoms with E-state index in [4.69, 9.17) is 9.47 Å². The maximum absolute atomic E-state index is 13.2. The summed E-state index contributed by atoms with van der Waals surface area (Å²) in [5, 5.41) is 0. The summed E-state index contributed by atoms with van der Waals surface area (Å²) in [4.78, 5) is 11.1. The minimum atomic E-state index is -0.670. The van der Waals surface area contributed by atoms with Crippen LogP contribution in [0.2, 0.25) is 0 Å². The van der Waals surface area contributed by atoms with E-state index in [-0.39, 0.29) is 0 Å². The molecule has 0 aliphatic carbocycles. The zero-order valence-electron chi connectivity index (χ0n) is 16.2. The Kier molecular flexibility index (Phi) is 6.98. The van der Waals surface area contributed by atoms with Crippen LogP contribution in [0.5, 0.6) is 11.5 Å². The number of hydrogen-bond donors (Lipinski definition) is 0. The first-order chi connectivity index (χ1) is 13.2. The molecule has 0 unspecified atom stereocenters. The molecule has 0 spiro atoms. The van der Waals surface area contributed by atoms with E-state index < -0.39 is 6.17 Å². The first-order valence-corrected chi connectivity index (χ1v) is 9.65. The van der Waals surface area contributed by atoms with E-state index in [2.05, 4.69) is 21.8 Å². The van der Waals surface area contributed by atoms with Crippen LogP contribution in [0.15, 0.2) is 30.5 Å². The molecule has 1 saturated heterocycles. The van der Waals surface area contributed by atoms with Gasteiger partial charge in [0.05, 0.1) is 13.7 Å². The zero-order valence-corrected chi connectivity index (χ0v) is 16.2. The predicted molar refractivity (Wildman–Crippen MR) is 103 cm³/mol. The summed E-state index contributed by atoms with van der Waals surface area (Å²) in [7, 11) is 1.64. The molecule has 1 aromatic heterocycles. The molecule has 0 saturated carbocycles. The molecule has 2 heterocycles. The van der Waals surface area contributed by atoms with Crippen molar-refractivity contribution in [1.82, 2.24) is 14.9 Å². The summed E-state index contributed by atoms with van der Waals surface area (Å²) in [5.41, 5.74) is 2.13. The van der Waals surface area contributed by atoms with Crippen LogP contribution >= 0.6 is 0 Å². The van der Waals surface area contributed by atoms with Gasteiger partial charge >= 0.3 is 0 Å². The molecule has 146 valence electrons. The highest BCUT2D eigenvalue weighted by Gasteiger charge is 2.20. The first-order valence-electron chi connectivity index (χ1n) is 9.65. The summed E-state index contributed by atoms with van der Waals surface area (Å²) < 4.78 is 24.6. The number of nitrogens with zero attached hydrogens (tertiary/aromatic N) is 3. The lowest BCUT2D eigenvalue weighted by molar-refractivity contribution is 0.242. The molecule has 0 N–H and O–H groups in total. The number of aromatic nitrogens is 2. The topological polar surface area (TPSA) is 47.5 Å². The molecule has 2 aromatic rings. The molecule has 0 amide bonds. The van der Waals surface area contributed by atoms with Gasteiger partial charge in [0.1, 0.15) is 12.0 Å². The molecule has 5 nitrogen and oxygen atoms in total. The molecular formula is C21H28FN3O2. The SMILES string of the molecule is CCc1ccnc(Cc2ccc(OC)c(OCCCN3CC[C@H](F)C3)c2)n1. The minimum absolute atomic E-state index is 0.551. The molecule has 1 aromatic carbocycles. The highest BCUT2D eigenvalue weighted by molar-refractivity contribution is 5.43. The molecule has 1 fully saturated rings. The summed E-state index contributed by atoms with van der Waals surface area (Å²) in [6.45, 7) is 4.92. The number of ether oxygens (including phenoxy) is 2. The van der Waals surface area contributed by atoms with Crippen LogP contribution in [0.4, 0.5) is 4.39 Å². The van der Waals surface area contributed by atoms with Crippen molar-refractivity contribution in [1.29, 1.82) is 0 Å². The quantitative estimate of drug-likeness (QED) is 0.630. The highest BCUT2D eigenvalue weighted by atomic mass is 19.1. The number of methoxy groups -OCH3 is 1. The van der Waals surface area contributed by atoms with Crippen molar-refractivity contribution in [3.05, 3.63) is 47.5 Å². The lowest BCUT2D eigenvalue weighted by Crippen LogP contribution is -2.23. The fraction of sp³-hybridized carbons (Fsp3) is 0.524. The normalized spacial score (nSPS) is 17.2.